The number of halogens is 3. The molecule has 0 radical (unpaired) electrons. The van der Waals surface area contributed by atoms with Crippen LogP contribution in [-0.4, -0.2) is 24.0 Å². The number of alkyl halides is 3. The van der Waals surface area contributed by atoms with Crippen LogP contribution in [0.2, 0.25) is 0 Å². The Balaban J connectivity index is 1.72. The second-order valence-electron chi connectivity index (χ2n) is 8.11. The van der Waals surface area contributed by atoms with Crippen LogP contribution in [0.4, 0.5) is 13.2 Å². The Morgan fingerprint density at radius 1 is 0.943 bits per heavy atom. The first kappa shape index (κ1) is 24.6. The average Bonchev–Trinajstić information content (AvgIpc) is 2.85. The Bertz CT molecular complexity index is 1180. The lowest BCUT2D eigenvalue weighted by Crippen LogP contribution is -2.33. The van der Waals surface area contributed by atoms with Crippen molar-refractivity contribution < 1.29 is 27.8 Å². The molecule has 1 aliphatic rings. The molecule has 35 heavy (non-hydrogen) atoms. The molecule has 1 aliphatic heterocycles. The fourth-order valence-electron chi connectivity index (χ4n) is 4.11. The van der Waals surface area contributed by atoms with Crippen LogP contribution in [0, 0.1) is 0 Å². The van der Waals surface area contributed by atoms with E-state index in [4.69, 9.17) is 14.5 Å². The van der Waals surface area contributed by atoms with Gasteiger partial charge in [-0.2, -0.15) is 13.2 Å². The molecule has 0 bridgehead atoms. The highest BCUT2D eigenvalue weighted by Gasteiger charge is 2.32. The van der Waals surface area contributed by atoms with Crippen LogP contribution in [0.1, 0.15) is 54.7 Å². The summed E-state index contributed by atoms with van der Waals surface area (Å²) < 4.78 is 50.3. The quantitative estimate of drug-likeness (QED) is 0.406. The first-order chi connectivity index (χ1) is 16.8. The average molecular weight is 485 g/mol. The molecule has 0 saturated carbocycles. The molecular formula is C27H27F3N2O3. The number of nitrogens with zero attached hydrogens (tertiary/aromatic N) is 1. The molecule has 0 saturated heterocycles. The molecule has 5 nitrogen and oxygen atoms in total. The standard InChI is InChI=1S/C27H27F3N2O3/c1-3-34-20-14-10-17(11-15-20)22-16-23(21-6-5-7-24(25(21)33)35-4-2)32-26(31-22)18-8-12-19(13-9-18)27(28,29)30/h5-15,23,26,32-33H,3-4,16H2,1-2H3/t23-,26-/m0/s1. The maximum absolute atomic E-state index is 13.1. The van der Waals surface area contributed by atoms with Crippen LogP contribution in [0.15, 0.2) is 71.7 Å². The van der Waals surface area contributed by atoms with Crippen molar-refractivity contribution in [2.45, 2.75) is 38.7 Å². The normalized spacial score (nSPS) is 18.1. The summed E-state index contributed by atoms with van der Waals surface area (Å²) in [6, 6.07) is 17.5. The van der Waals surface area contributed by atoms with E-state index in [1.165, 1.54) is 12.1 Å². The predicted octanol–water partition coefficient (Wildman–Crippen LogP) is 6.43. The number of phenols is 1. The predicted molar refractivity (Wildman–Crippen MR) is 128 cm³/mol. The molecular weight excluding hydrogens is 457 g/mol. The van der Waals surface area contributed by atoms with Crippen molar-refractivity contribution >= 4 is 5.71 Å². The molecule has 8 heteroatoms. The monoisotopic (exact) mass is 484 g/mol. The molecule has 0 spiro atoms. The number of para-hydroxylation sites is 1. The van der Waals surface area contributed by atoms with Gasteiger partial charge in [0.1, 0.15) is 11.9 Å². The summed E-state index contributed by atoms with van der Waals surface area (Å²) in [6.45, 7) is 4.70. The third-order valence-corrected chi connectivity index (χ3v) is 5.80. The van der Waals surface area contributed by atoms with Crippen molar-refractivity contribution in [2.75, 3.05) is 13.2 Å². The van der Waals surface area contributed by atoms with Crippen LogP contribution in [0.5, 0.6) is 17.2 Å². The molecule has 0 unspecified atom stereocenters. The highest BCUT2D eigenvalue weighted by atomic mass is 19.4. The van der Waals surface area contributed by atoms with Crippen LogP contribution in [-0.2, 0) is 6.18 Å². The Hall–Kier alpha value is -3.52. The molecule has 184 valence electrons. The van der Waals surface area contributed by atoms with E-state index in [1.807, 2.05) is 38.1 Å². The van der Waals surface area contributed by atoms with Gasteiger partial charge in [-0.1, -0.05) is 24.3 Å². The fourth-order valence-corrected chi connectivity index (χ4v) is 4.11. The number of benzene rings is 3. The highest BCUT2D eigenvalue weighted by Crippen LogP contribution is 2.39. The van der Waals surface area contributed by atoms with Crippen molar-refractivity contribution in [2.24, 2.45) is 4.99 Å². The van der Waals surface area contributed by atoms with Gasteiger partial charge in [-0.15, -0.1) is 0 Å². The summed E-state index contributed by atoms with van der Waals surface area (Å²) >= 11 is 0. The molecule has 0 aliphatic carbocycles. The van der Waals surface area contributed by atoms with Crippen LogP contribution in [0.25, 0.3) is 0 Å². The topological polar surface area (TPSA) is 63.1 Å². The third kappa shape index (κ3) is 5.59. The molecule has 0 amide bonds. The van der Waals surface area contributed by atoms with E-state index in [0.717, 1.165) is 29.2 Å². The SMILES string of the molecule is CCOc1ccc(C2=N[C@H](c3ccc(C(F)(F)F)cc3)N[C@H](c3cccc(OCC)c3O)C2)cc1. The Kier molecular flexibility index (Phi) is 7.31. The number of phenolic OH excluding ortho intramolecular Hbond substituents is 1. The number of hydrogen-bond donors (Lipinski definition) is 2. The Morgan fingerprint density at radius 3 is 2.26 bits per heavy atom. The van der Waals surface area contributed by atoms with Gasteiger partial charge >= 0.3 is 6.18 Å². The van der Waals surface area contributed by atoms with Crippen LogP contribution >= 0.6 is 0 Å². The van der Waals surface area contributed by atoms with E-state index in [-0.39, 0.29) is 11.8 Å². The fraction of sp³-hybridized carbons (Fsp3) is 0.296. The molecule has 2 atom stereocenters. The second-order valence-corrected chi connectivity index (χ2v) is 8.11. The first-order valence-electron chi connectivity index (χ1n) is 11.5. The van der Waals surface area contributed by atoms with E-state index in [9.17, 15) is 18.3 Å². The van der Waals surface area contributed by atoms with Crippen molar-refractivity contribution in [3.05, 3.63) is 89.0 Å². The van der Waals surface area contributed by atoms with E-state index >= 15 is 0 Å². The third-order valence-electron chi connectivity index (χ3n) is 5.80. The van der Waals surface area contributed by atoms with Gasteiger partial charge in [-0.05, 0) is 67.4 Å². The number of rotatable bonds is 7. The van der Waals surface area contributed by atoms with E-state index in [0.29, 0.717) is 36.5 Å². The number of hydrogen-bond acceptors (Lipinski definition) is 5. The lowest BCUT2D eigenvalue weighted by atomic mass is 9.93. The molecule has 2 N–H and O–H groups in total. The van der Waals surface area contributed by atoms with Gasteiger partial charge in [0.15, 0.2) is 11.5 Å². The van der Waals surface area contributed by atoms with Gasteiger partial charge in [0, 0.05) is 23.7 Å². The molecule has 3 aromatic carbocycles. The van der Waals surface area contributed by atoms with E-state index < -0.39 is 17.9 Å². The van der Waals surface area contributed by atoms with Crippen LogP contribution in [0.3, 0.4) is 0 Å². The lowest BCUT2D eigenvalue weighted by molar-refractivity contribution is -0.137. The van der Waals surface area contributed by atoms with Crippen molar-refractivity contribution in [1.29, 1.82) is 0 Å². The summed E-state index contributed by atoms with van der Waals surface area (Å²) in [6.07, 6.45) is -4.55. The lowest BCUT2D eigenvalue weighted by Gasteiger charge is -2.31. The zero-order chi connectivity index (χ0) is 25.0. The molecule has 0 fully saturated rings. The summed E-state index contributed by atoms with van der Waals surface area (Å²) in [4.78, 5) is 4.82. The van der Waals surface area contributed by atoms with Gasteiger partial charge in [0.2, 0.25) is 0 Å². The molecule has 1 heterocycles. The number of aliphatic imine (C=N–C) groups is 1. The second kappa shape index (κ2) is 10.4. The van der Waals surface area contributed by atoms with E-state index in [2.05, 4.69) is 5.32 Å². The number of aromatic hydroxyl groups is 1. The molecule has 4 rings (SSSR count). The smallest absolute Gasteiger partial charge is 0.416 e. The molecule has 0 aromatic heterocycles. The maximum Gasteiger partial charge on any atom is 0.416 e. The van der Waals surface area contributed by atoms with Crippen molar-refractivity contribution in [3.8, 4) is 17.2 Å². The minimum absolute atomic E-state index is 0.0333. The maximum atomic E-state index is 13.1. The summed E-state index contributed by atoms with van der Waals surface area (Å²) in [5.74, 6) is 1.15. The first-order valence-corrected chi connectivity index (χ1v) is 11.5. The van der Waals surface area contributed by atoms with Crippen molar-refractivity contribution in [1.82, 2.24) is 5.32 Å². The summed E-state index contributed by atoms with van der Waals surface area (Å²) in [7, 11) is 0. The summed E-state index contributed by atoms with van der Waals surface area (Å²) in [5.41, 5.74) is 2.14. The van der Waals surface area contributed by atoms with Gasteiger partial charge in [-0.3, -0.25) is 10.3 Å². The highest BCUT2D eigenvalue weighted by molar-refractivity contribution is 6.01. The Labute approximate surface area is 202 Å². The molecule has 3 aromatic rings. The number of ether oxygens (including phenoxy) is 2. The van der Waals surface area contributed by atoms with Gasteiger partial charge in [0.05, 0.1) is 18.8 Å². The van der Waals surface area contributed by atoms with E-state index in [1.54, 1.807) is 18.2 Å². The summed E-state index contributed by atoms with van der Waals surface area (Å²) in [5, 5.41) is 14.2. The van der Waals surface area contributed by atoms with Crippen LogP contribution < -0.4 is 14.8 Å². The zero-order valence-electron chi connectivity index (χ0n) is 19.5. The minimum Gasteiger partial charge on any atom is -0.504 e. The van der Waals surface area contributed by atoms with Gasteiger partial charge in [0.25, 0.3) is 0 Å². The minimum atomic E-state index is -4.41. The largest absolute Gasteiger partial charge is 0.504 e. The Morgan fingerprint density at radius 2 is 1.63 bits per heavy atom. The van der Waals surface area contributed by atoms with Gasteiger partial charge < -0.3 is 14.6 Å². The number of nitrogens with one attached hydrogen (secondary N) is 1. The van der Waals surface area contributed by atoms with Gasteiger partial charge in [-0.25, -0.2) is 0 Å². The zero-order valence-corrected chi connectivity index (χ0v) is 19.5. The van der Waals surface area contributed by atoms with Crippen molar-refractivity contribution in [3.63, 3.8) is 0 Å².